The Morgan fingerprint density at radius 2 is 1.62 bits per heavy atom. The molecule has 0 radical (unpaired) electrons. The van der Waals surface area contributed by atoms with Crippen LogP contribution in [0.1, 0.15) is 23.6 Å². The molecule has 1 atom stereocenters. The number of amides is 2. The quantitative estimate of drug-likeness (QED) is 0.384. The minimum Gasteiger partial charge on any atom is -0.357 e. The van der Waals surface area contributed by atoms with Crippen molar-refractivity contribution in [1.29, 1.82) is 0 Å². The summed E-state index contributed by atoms with van der Waals surface area (Å²) in [6, 6.07) is 15.8. The number of aryl methyl sites for hydroxylation is 1. The van der Waals surface area contributed by atoms with Gasteiger partial charge in [-0.3, -0.25) is 13.9 Å². The molecule has 0 saturated heterocycles. The molecule has 39 heavy (non-hydrogen) atoms. The van der Waals surface area contributed by atoms with E-state index in [9.17, 15) is 31.2 Å². The van der Waals surface area contributed by atoms with Crippen molar-refractivity contribution < 1.29 is 31.2 Å². The zero-order valence-electron chi connectivity index (χ0n) is 21.4. The molecule has 12 heteroatoms. The Morgan fingerprint density at radius 1 is 1.00 bits per heavy atom. The van der Waals surface area contributed by atoms with Gasteiger partial charge in [-0.15, -0.1) is 0 Å². The van der Waals surface area contributed by atoms with Gasteiger partial charge in [-0.25, -0.2) is 8.42 Å². The summed E-state index contributed by atoms with van der Waals surface area (Å²) in [4.78, 5) is 27.1. The second kappa shape index (κ2) is 12.1. The van der Waals surface area contributed by atoms with Gasteiger partial charge in [-0.05, 0) is 49.7 Å². The second-order valence-corrected chi connectivity index (χ2v) is 11.1. The van der Waals surface area contributed by atoms with Crippen LogP contribution in [0.3, 0.4) is 0 Å². The number of alkyl halides is 3. The Bertz CT molecular complexity index is 1430. The second-order valence-electron chi connectivity index (χ2n) is 8.78. The van der Waals surface area contributed by atoms with E-state index >= 15 is 0 Å². The molecule has 0 unspecified atom stereocenters. The highest BCUT2D eigenvalue weighted by atomic mass is 35.5. The number of carbonyl (C=O) groups excluding carboxylic acids is 2. The molecule has 3 aromatic rings. The average Bonchev–Trinajstić information content (AvgIpc) is 2.90. The van der Waals surface area contributed by atoms with Crippen LogP contribution in [0.2, 0.25) is 5.02 Å². The molecule has 1 N–H and O–H groups in total. The molecule has 7 nitrogen and oxygen atoms in total. The molecule has 0 heterocycles. The molecule has 0 aliphatic rings. The SMILES string of the molecule is CNC(=O)[C@H](C)N(Cc1ccc(C)cc1)C(=O)CN(c1ccc(Cl)c(C(F)(F)F)c1)S(=O)(=O)c1ccccc1. The molecular formula is C27H27ClF3N3O4S. The van der Waals surface area contributed by atoms with Crippen molar-refractivity contribution in [2.75, 3.05) is 17.9 Å². The summed E-state index contributed by atoms with van der Waals surface area (Å²) in [5, 5.41) is 1.84. The number of likely N-dealkylation sites (N-methyl/N-ethyl adjacent to an activating group) is 1. The first-order valence-corrected chi connectivity index (χ1v) is 13.6. The maximum atomic E-state index is 13.7. The van der Waals surface area contributed by atoms with Gasteiger partial charge >= 0.3 is 6.18 Å². The highest BCUT2D eigenvalue weighted by Crippen LogP contribution is 2.38. The third-order valence-corrected chi connectivity index (χ3v) is 8.16. The van der Waals surface area contributed by atoms with Crippen LogP contribution < -0.4 is 9.62 Å². The first-order chi connectivity index (χ1) is 18.3. The lowest BCUT2D eigenvalue weighted by Crippen LogP contribution is -2.50. The Morgan fingerprint density at radius 3 is 2.18 bits per heavy atom. The third kappa shape index (κ3) is 7.10. The Balaban J connectivity index is 2.10. The molecular weight excluding hydrogens is 555 g/mol. The van der Waals surface area contributed by atoms with E-state index < -0.39 is 56.9 Å². The number of nitrogens with one attached hydrogen (secondary N) is 1. The zero-order valence-corrected chi connectivity index (χ0v) is 22.9. The number of sulfonamides is 1. The van der Waals surface area contributed by atoms with Gasteiger partial charge in [0, 0.05) is 13.6 Å². The summed E-state index contributed by atoms with van der Waals surface area (Å²) >= 11 is 5.76. The average molecular weight is 582 g/mol. The fourth-order valence-corrected chi connectivity index (χ4v) is 5.47. The van der Waals surface area contributed by atoms with Crippen LogP contribution in [0, 0.1) is 6.92 Å². The number of nitrogens with zero attached hydrogens (tertiary/aromatic N) is 2. The van der Waals surface area contributed by atoms with Crippen molar-refractivity contribution >= 4 is 39.1 Å². The predicted molar refractivity (Wildman–Crippen MR) is 143 cm³/mol. The van der Waals surface area contributed by atoms with E-state index in [1.165, 1.54) is 43.1 Å². The van der Waals surface area contributed by atoms with Crippen LogP contribution in [0.4, 0.5) is 18.9 Å². The molecule has 0 aliphatic carbocycles. The Labute approximate surface area is 230 Å². The van der Waals surface area contributed by atoms with Gasteiger partial charge < -0.3 is 10.2 Å². The fraction of sp³-hybridized carbons (Fsp3) is 0.259. The number of benzene rings is 3. The van der Waals surface area contributed by atoms with Crippen LogP contribution in [-0.4, -0.2) is 44.8 Å². The van der Waals surface area contributed by atoms with E-state index in [2.05, 4.69) is 5.32 Å². The molecule has 0 saturated carbocycles. The molecule has 0 aromatic heterocycles. The van der Waals surface area contributed by atoms with E-state index in [0.717, 1.165) is 17.7 Å². The van der Waals surface area contributed by atoms with Gasteiger partial charge in [0.15, 0.2) is 0 Å². The number of rotatable bonds is 9. The topological polar surface area (TPSA) is 86.8 Å². The number of anilines is 1. The van der Waals surface area contributed by atoms with Crippen LogP contribution >= 0.6 is 11.6 Å². The van der Waals surface area contributed by atoms with Crippen molar-refractivity contribution in [2.24, 2.45) is 0 Å². The monoisotopic (exact) mass is 581 g/mol. The minimum absolute atomic E-state index is 0.0403. The van der Waals surface area contributed by atoms with E-state index in [4.69, 9.17) is 11.6 Å². The van der Waals surface area contributed by atoms with Gasteiger partial charge in [-0.1, -0.05) is 59.6 Å². The van der Waals surface area contributed by atoms with Crippen molar-refractivity contribution in [3.8, 4) is 0 Å². The van der Waals surface area contributed by atoms with E-state index in [-0.39, 0.29) is 11.4 Å². The number of carbonyl (C=O) groups is 2. The molecule has 2 amide bonds. The molecule has 0 bridgehead atoms. The first kappa shape index (κ1) is 30.0. The number of halogens is 4. The van der Waals surface area contributed by atoms with Gasteiger partial charge in [-0.2, -0.15) is 13.2 Å². The van der Waals surface area contributed by atoms with Crippen LogP contribution in [0.25, 0.3) is 0 Å². The number of hydrogen-bond acceptors (Lipinski definition) is 4. The molecule has 0 aliphatic heterocycles. The van der Waals surface area contributed by atoms with E-state index in [0.29, 0.717) is 15.9 Å². The number of hydrogen-bond donors (Lipinski definition) is 1. The highest BCUT2D eigenvalue weighted by molar-refractivity contribution is 7.92. The largest absolute Gasteiger partial charge is 0.417 e. The summed E-state index contributed by atoms with van der Waals surface area (Å²) in [6.45, 7) is 2.45. The molecule has 0 fully saturated rings. The van der Waals surface area contributed by atoms with Crippen molar-refractivity contribution in [3.05, 3.63) is 94.5 Å². The Kier molecular flexibility index (Phi) is 9.29. The van der Waals surface area contributed by atoms with E-state index in [1.54, 1.807) is 18.2 Å². The summed E-state index contributed by atoms with van der Waals surface area (Å²) in [5.41, 5.74) is -0.0169. The summed E-state index contributed by atoms with van der Waals surface area (Å²) in [5.74, 6) is -1.30. The first-order valence-electron chi connectivity index (χ1n) is 11.8. The smallest absolute Gasteiger partial charge is 0.357 e. The van der Waals surface area contributed by atoms with Crippen molar-refractivity contribution in [3.63, 3.8) is 0 Å². The highest BCUT2D eigenvalue weighted by Gasteiger charge is 2.36. The summed E-state index contributed by atoms with van der Waals surface area (Å²) < 4.78 is 68.8. The van der Waals surface area contributed by atoms with Gasteiger partial charge in [0.25, 0.3) is 10.0 Å². The maximum Gasteiger partial charge on any atom is 0.417 e. The lowest BCUT2D eigenvalue weighted by Gasteiger charge is -2.32. The van der Waals surface area contributed by atoms with Crippen LogP contribution in [0.5, 0.6) is 0 Å². The van der Waals surface area contributed by atoms with Crippen LogP contribution in [-0.2, 0) is 32.3 Å². The summed E-state index contributed by atoms with van der Waals surface area (Å²) in [6.07, 6.45) is -4.87. The molecule has 3 rings (SSSR count). The molecule has 0 spiro atoms. The molecule has 208 valence electrons. The maximum absolute atomic E-state index is 13.7. The van der Waals surface area contributed by atoms with Crippen molar-refractivity contribution in [2.45, 2.75) is 37.5 Å². The predicted octanol–water partition coefficient (Wildman–Crippen LogP) is 5.03. The normalized spacial score (nSPS) is 12.5. The van der Waals surface area contributed by atoms with E-state index in [1.807, 2.05) is 19.1 Å². The fourth-order valence-electron chi connectivity index (χ4n) is 3.82. The zero-order chi connectivity index (χ0) is 29.0. The summed E-state index contributed by atoms with van der Waals surface area (Å²) in [7, 11) is -3.12. The third-order valence-electron chi connectivity index (χ3n) is 6.04. The molecule has 3 aromatic carbocycles. The lowest BCUT2D eigenvalue weighted by molar-refractivity contribution is -0.139. The van der Waals surface area contributed by atoms with Crippen molar-refractivity contribution in [1.82, 2.24) is 10.2 Å². The standard InChI is InChI=1S/C27H27ClF3N3O4S/c1-18-9-11-20(12-10-18)16-33(19(2)26(36)32-3)25(35)17-34(39(37,38)22-7-5-4-6-8-22)21-13-14-24(28)23(15-21)27(29,30)31/h4-15,19H,16-17H2,1-3H3,(H,32,36)/t19-/m0/s1. The van der Waals surface area contributed by atoms with Gasteiger partial charge in [0.2, 0.25) is 11.8 Å². The lowest BCUT2D eigenvalue weighted by atomic mass is 10.1. The minimum atomic E-state index is -4.87. The van der Waals surface area contributed by atoms with Crippen LogP contribution in [0.15, 0.2) is 77.7 Å². The van der Waals surface area contributed by atoms with Gasteiger partial charge in [0.1, 0.15) is 12.6 Å². The van der Waals surface area contributed by atoms with Gasteiger partial charge in [0.05, 0.1) is 21.2 Å². The Hall–Kier alpha value is -3.57.